The van der Waals surface area contributed by atoms with E-state index in [2.05, 4.69) is 4.72 Å². The Morgan fingerprint density at radius 1 is 0.919 bits per heavy atom. The molecular formula is C30H33NO5S. The Morgan fingerprint density at radius 3 is 2.27 bits per heavy atom. The number of aliphatic hydroxyl groups is 1. The summed E-state index contributed by atoms with van der Waals surface area (Å²) in [5, 5.41) is 12.0. The fourth-order valence-corrected chi connectivity index (χ4v) is 6.96. The van der Waals surface area contributed by atoms with Crippen LogP contribution in [0.4, 0.5) is 0 Å². The van der Waals surface area contributed by atoms with Crippen LogP contribution >= 0.6 is 0 Å². The van der Waals surface area contributed by atoms with Gasteiger partial charge in [-0.05, 0) is 48.6 Å². The molecule has 0 saturated heterocycles. The maximum absolute atomic E-state index is 13.8. The van der Waals surface area contributed by atoms with E-state index in [-0.39, 0.29) is 10.8 Å². The zero-order chi connectivity index (χ0) is 26.0. The van der Waals surface area contributed by atoms with Crippen molar-refractivity contribution < 1.29 is 23.1 Å². The highest BCUT2D eigenvalue weighted by Crippen LogP contribution is 2.42. The zero-order valence-electron chi connectivity index (χ0n) is 21.0. The van der Waals surface area contributed by atoms with Gasteiger partial charge in [-0.2, -0.15) is 4.72 Å². The molecular weight excluding hydrogens is 486 g/mol. The summed E-state index contributed by atoms with van der Waals surface area (Å²) >= 11 is 0. The van der Waals surface area contributed by atoms with Crippen molar-refractivity contribution >= 4 is 16.0 Å². The van der Waals surface area contributed by atoms with Gasteiger partial charge in [-0.15, -0.1) is 0 Å². The van der Waals surface area contributed by atoms with Crippen LogP contribution in [0.25, 0.3) is 0 Å². The Labute approximate surface area is 218 Å². The average Bonchev–Trinajstić information content (AvgIpc) is 3.25. The van der Waals surface area contributed by atoms with Crippen LogP contribution in [-0.4, -0.2) is 25.6 Å². The van der Waals surface area contributed by atoms with E-state index < -0.39 is 33.7 Å². The van der Waals surface area contributed by atoms with Crippen LogP contribution in [0.2, 0.25) is 0 Å². The highest BCUT2D eigenvalue weighted by Gasteiger charge is 2.49. The number of aryl methyl sites for hydroxylation is 1. The molecule has 37 heavy (non-hydrogen) atoms. The van der Waals surface area contributed by atoms with Crippen molar-refractivity contribution in [3.8, 4) is 0 Å². The van der Waals surface area contributed by atoms with Gasteiger partial charge in [0.2, 0.25) is 10.0 Å². The standard InChI is InChI=1S/C30H33NO5S/c1-21-16-18-25(19-17-21)37(34,35)31-28-26-15-9-8-10-22(26)20-27(28)36-29(32)30(33,23-11-4-2-5-12-23)24-13-6-3-7-14-24/h2,4-5,8-12,15-19,24,27-28,31,33H,3,6-7,13-14,20H2,1H3/t27-,28+,30+/m0/s1. The van der Waals surface area contributed by atoms with Crippen LogP contribution in [0.1, 0.15) is 60.4 Å². The topological polar surface area (TPSA) is 92.7 Å². The molecule has 2 aliphatic rings. The molecule has 5 rings (SSSR count). The van der Waals surface area contributed by atoms with Crippen LogP contribution in [0, 0.1) is 12.8 Å². The lowest BCUT2D eigenvalue weighted by atomic mass is 9.73. The number of carbonyl (C=O) groups excluding carboxylic acids is 1. The Kier molecular flexibility index (Phi) is 7.21. The number of hydrogen-bond acceptors (Lipinski definition) is 5. The molecule has 0 amide bonds. The molecule has 3 atom stereocenters. The average molecular weight is 520 g/mol. The smallest absolute Gasteiger partial charge is 0.343 e. The molecule has 6 nitrogen and oxygen atoms in total. The molecule has 2 N–H and O–H groups in total. The van der Waals surface area contributed by atoms with Gasteiger partial charge in [0.05, 0.1) is 10.9 Å². The zero-order valence-corrected chi connectivity index (χ0v) is 21.8. The molecule has 0 unspecified atom stereocenters. The van der Waals surface area contributed by atoms with Crippen molar-refractivity contribution in [1.29, 1.82) is 0 Å². The summed E-state index contributed by atoms with van der Waals surface area (Å²) in [4.78, 5) is 14.0. The van der Waals surface area contributed by atoms with Gasteiger partial charge in [0.15, 0.2) is 5.60 Å². The molecule has 0 heterocycles. The number of ether oxygens (including phenoxy) is 1. The highest BCUT2D eigenvalue weighted by atomic mass is 32.2. The minimum Gasteiger partial charge on any atom is -0.458 e. The molecule has 0 aromatic heterocycles. The minimum atomic E-state index is -3.88. The molecule has 1 fully saturated rings. The number of nitrogens with one attached hydrogen (secondary N) is 1. The van der Waals surface area contributed by atoms with E-state index in [4.69, 9.17) is 4.74 Å². The highest BCUT2D eigenvalue weighted by molar-refractivity contribution is 7.89. The lowest BCUT2D eigenvalue weighted by Crippen LogP contribution is -2.47. The third-order valence-corrected chi connectivity index (χ3v) is 9.23. The Balaban J connectivity index is 1.46. The van der Waals surface area contributed by atoms with Crippen molar-refractivity contribution in [1.82, 2.24) is 4.72 Å². The fraction of sp³-hybridized carbons (Fsp3) is 0.367. The maximum Gasteiger partial charge on any atom is 0.343 e. The van der Waals surface area contributed by atoms with Crippen LogP contribution < -0.4 is 4.72 Å². The number of fused-ring (bicyclic) bond motifs is 1. The largest absolute Gasteiger partial charge is 0.458 e. The third-order valence-electron chi connectivity index (χ3n) is 7.78. The normalized spacial score (nSPS) is 21.7. The van der Waals surface area contributed by atoms with Gasteiger partial charge in [-0.25, -0.2) is 13.2 Å². The summed E-state index contributed by atoms with van der Waals surface area (Å²) in [5.41, 5.74) is 1.37. The van der Waals surface area contributed by atoms with Crippen molar-refractivity contribution in [2.75, 3.05) is 0 Å². The molecule has 3 aromatic carbocycles. The van der Waals surface area contributed by atoms with Crippen LogP contribution in [-0.2, 0) is 31.6 Å². The molecule has 3 aromatic rings. The van der Waals surface area contributed by atoms with Crippen LogP contribution in [0.15, 0.2) is 83.8 Å². The molecule has 0 aliphatic heterocycles. The first-order chi connectivity index (χ1) is 17.8. The van der Waals surface area contributed by atoms with E-state index in [1.807, 2.05) is 37.3 Å². The molecule has 0 radical (unpaired) electrons. The van der Waals surface area contributed by atoms with E-state index >= 15 is 0 Å². The van der Waals surface area contributed by atoms with Crippen molar-refractivity contribution in [3.05, 3.63) is 101 Å². The first-order valence-electron chi connectivity index (χ1n) is 12.9. The number of esters is 1. The van der Waals surface area contributed by atoms with E-state index in [0.29, 0.717) is 12.0 Å². The Bertz CT molecular complexity index is 1350. The van der Waals surface area contributed by atoms with E-state index in [1.54, 1.807) is 48.5 Å². The summed E-state index contributed by atoms with van der Waals surface area (Å²) in [7, 11) is -3.88. The van der Waals surface area contributed by atoms with Gasteiger partial charge < -0.3 is 9.84 Å². The number of carbonyl (C=O) groups is 1. The minimum absolute atomic E-state index is 0.149. The summed E-state index contributed by atoms with van der Waals surface area (Å²) < 4.78 is 35.5. The third kappa shape index (κ3) is 5.08. The van der Waals surface area contributed by atoms with Crippen LogP contribution in [0.5, 0.6) is 0 Å². The molecule has 0 spiro atoms. The first-order valence-corrected chi connectivity index (χ1v) is 14.4. The monoisotopic (exact) mass is 519 g/mol. The lowest BCUT2D eigenvalue weighted by molar-refractivity contribution is -0.182. The van der Waals surface area contributed by atoms with Gasteiger partial charge in [-0.1, -0.05) is 91.6 Å². The first kappa shape index (κ1) is 25.6. The molecule has 1 saturated carbocycles. The summed E-state index contributed by atoms with van der Waals surface area (Å²) in [6.45, 7) is 1.90. The number of hydrogen-bond donors (Lipinski definition) is 2. The van der Waals surface area contributed by atoms with Crippen LogP contribution in [0.3, 0.4) is 0 Å². The van der Waals surface area contributed by atoms with Gasteiger partial charge in [0.1, 0.15) is 6.10 Å². The summed E-state index contributed by atoms with van der Waals surface area (Å²) in [6.07, 6.45) is 4.01. The van der Waals surface area contributed by atoms with Gasteiger partial charge in [-0.3, -0.25) is 0 Å². The Morgan fingerprint density at radius 2 is 1.57 bits per heavy atom. The number of rotatable bonds is 7. The predicted molar refractivity (Wildman–Crippen MR) is 141 cm³/mol. The second-order valence-electron chi connectivity index (χ2n) is 10.2. The second kappa shape index (κ2) is 10.4. The fourth-order valence-electron chi connectivity index (χ4n) is 5.72. The lowest BCUT2D eigenvalue weighted by Gasteiger charge is -2.38. The molecule has 2 aliphatic carbocycles. The molecule has 7 heteroatoms. The summed E-state index contributed by atoms with van der Waals surface area (Å²) in [5.74, 6) is -0.981. The predicted octanol–water partition coefficient (Wildman–Crippen LogP) is 4.95. The Hall–Kier alpha value is -3.00. The van der Waals surface area contributed by atoms with Gasteiger partial charge in [0.25, 0.3) is 0 Å². The van der Waals surface area contributed by atoms with Gasteiger partial charge in [0, 0.05) is 12.3 Å². The number of sulfonamides is 1. The molecule has 0 bridgehead atoms. The van der Waals surface area contributed by atoms with Crippen molar-refractivity contribution in [3.63, 3.8) is 0 Å². The van der Waals surface area contributed by atoms with E-state index in [9.17, 15) is 18.3 Å². The number of benzene rings is 3. The summed E-state index contributed by atoms with van der Waals surface area (Å²) in [6, 6.07) is 22.4. The SMILES string of the molecule is Cc1ccc(S(=O)(=O)N[C@@H]2c3ccccc3C[C@@H]2OC(=O)[C@@](O)(c2ccccc2)C2CCCCC2)cc1. The second-order valence-corrected chi connectivity index (χ2v) is 11.9. The van der Waals surface area contributed by atoms with Gasteiger partial charge >= 0.3 is 5.97 Å². The van der Waals surface area contributed by atoms with Crippen molar-refractivity contribution in [2.24, 2.45) is 5.92 Å². The maximum atomic E-state index is 13.8. The van der Waals surface area contributed by atoms with E-state index in [1.165, 1.54) is 0 Å². The van der Waals surface area contributed by atoms with Crippen molar-refractivity contribution in [2.45, 2.75) is 68.1 Å². The molecule has 194 valence electrons. The van der Waals surface area contributed by atoms with E-state index in [0.717, 1.165) is 48.8 Å². The quantitative estimate of drug-likeness (QED) is 0.431.